The second-order valence-electron chi connectivity index (χ2n) is 9.30. The number of fused-ring (bicyclic) bond motifs is 3. The predicted molar refractivity (Wildman–Crippen MR) is 134 cm³/mol. The maximum absolute atomic E-state index is 13.5. The van der Waals surface area contributed by atoms with Gasteiger partial charge in [-0.05, 0) is 52.3 Å². The van der Waals surface area contributed by atoms with Gasteiger partial charge in [0.25, 0.3) is 0 Å². The number of hydrogen-bond acceptors (Lipinski definition) is 4. The standard InChI is InChI=1S/C28H25FNO5P/c1-18(2)28(26(31)32,36(34)35)27(33,16-19-7-11-23(29)12-8-19)14-13-20-15-22-10-9-21-5-3-4-6-24(21)25(22)30-17-20/h3-8,11-12,15,17-18,33H,9-10,16H2,1-2H3,(H-,31,32,34,35)/p+1. The van der Waals surface area contributed by atoms with Crippen molar-refractivity contribution in [1.82, 2.24) is 4.98 Å². The van der Waals surface area contributed by atoms with Crippen molar-refractivity contribution in [1.29, 1.82) is 0 Å². The predicted octanol–water partition coefficient (Wildman–Crippen LogP) is 4.53. The zero-order chi connectivity index (χ0) is 26.1. The Morgan fingerprint density at radius 3 is 2.44 bits per heavy atom. The summed E-state index contributed by atoms with van der Waals surface area (Å²) in [5.74, 6) is 2.36. The van der Waals surface area contributed by atoms with Gasteiger partial charge in [0.1, 0.15) is 5.82 Å². The van der Waals surface area contributed by atoms with Gasteiger partial charge in [-0.3, -0.25) is 4.98 Å². The maximum Gasteiger partial charge on any atom is 0.528 e. The normalized spacial score (nSPS) is 16.0. The molecule has 0 radical (unpaired) electrons. The number of pyridine rings is 1. The van der Waals surface area contributed by atoms with E-state index in [1.807, 2.05) is 24.3 Å². The number of aryl methyl sites for hydroxylation is 2. The number of nitrogens with zero attached hydrogens (tertiary/aromatic N) is 1. The molecule has 6 nitrogen and oxygen atoms in total. The summed E-state index contributed by atoms with van der Waals surface area (Å²) < 4.78 is 26.0. The molecule has 3 atom stereocenters. The minimum absolute atomic E-state index is 0.372. The second-order valence-corrected chi connectivity index (χ2v) is 10.6. The molecule has 0 saturated carbocycles. The Bertz CT molecular complexity index is 1380. The number of aromatic nitrogens is 1. The minimum atomic E-state index is -3.43. The number of carboxylic acid groups (broad SMARTS) is 1. The minimum Gasteiger partial charge on any atom is -0.477 e. The third-order valence-corrected chi connectivity index (χ3v) is 8.46. The lowest BCUT2D eigenvalue weighted by atomic mass is 9.75. The van der Waals surface area contributed by atoms with Gasteiger partial charge in [-0.2, -0.15) is 4.89 Å². The fraction of sp³-hybridized carbons (Fsp3) is 0.286. The van der Waals surface area contributed by atoms with E-state index >= 15 is 0 Å². The van der Waals surface area contributed by atoms with E-state index < -0.39 is 42.9 Å². The van der Waals surface area contributed by atoms with Gasteiger partial charge in [0.05, 0.1) is 5.69 Å². The molecule has 0 saturated heterocycles. The monoisotopic (exact) mass is 506 g/mol. The highest BCUT2D eigenvalue weighted by molar-refractivity contribution is 7.41. The highest BCUT2D eigenvalue weighted by atomic mass is 31.1. The van der Waals surface area contributed by atoms with Crippen LogP contribution >= 0.6 is 8.03 Å². The van der Waals surface area contributed by atoms with Crippen LogP contribution in [0, 0.1) is 23.6 Å². The Morgan fingerprint density at radius 2 is 1.81 bits per heavy atom. The summed E-state index contributed by atoms with van der Waals surface area (Å²) in [6, 6.07) is 15.0. The lowest BCUT2D eigenvalue weighted by Crippen LogP contribution is -2.60. The topological polar surface area (TPSA) is 108 Å². The van der Waals surface area contributed by atoms with Crippen LogP contribution in [-0.4, -0.2) is 36.8 Å². The molecular weight excluding hydrogens is 480 g/mol. The molecule has 0 aliphatic heterocycles. The Morgan fingerprint density at radius 1 is 1.14 bits per heavy atom. The van der Waals surface area contributed by atoms with E-state index in [9.17, 15) is 28.9 Å². The van der Waals surface area contributed by atoms with Gasteiger partial charge < -0.3 is 10.2 Å². The van der Waals surface area contributed by atoms with Crippen LogP contribution in [0.3, 0.4) is 0 Å². The first-order chi connectivity index (χ1) is 17.1. The molecule has 0 spiro atoms. The van der Waals surface area contributed by atoms with Crippen molar-refractivity contribution >= 4 is 14.0 Å². The molecule has 3 aromatic rings. The molecule has 3 unspecified atom stereocenters. The Hall–Kier alpha value is -3.43. The number of aliphatic hydroxyl groups is 1. The van der Waals surface area contributed by atoms with Crippen molar-refractivity contribution in [2.24, 2.45) is 5.92 Å². The molecular formula is C28H26FNO5P+. The Labute approximate surface area is 209 Å². The van der Waals surface area contributed by atoms with Crippen LogP contribution in [0.5, 0.6) is 0 Å². The quantitative estimate of drug-likeness (QED) is 0.335. The van der Waals surface area contributed by atoms with Crippen molar-refractivity contribution in [2.75, 3.05) is 0 Å². The number of aliphatic carboxylic acids is 1. The second kappa shape index (κ2) is 9.91. The summed E-state index contributed by atoms with van der Waals surface area (Å²) in [7, 11) is -3.43. The summed E-state index contributed by atoms with van der Waals surface area (Å²) in [6.45, 7) is 2.90. The Balaban J connectivity index is 1.82. The Kier molecular flexibility index (Phi) is 7.06. The van der Waals surface area contributed by atoms with Gasteiger partial charge in [0.2, 0.25) is 0 Å². The zero-order valence-electron chi connectivity index (χ0n) is 19.9. The highest BCUT2D eigenvalue weighted by Crippen LogP contribution is 2.50. The molecule has 4 rings (SSSR count). The number of rotatable bonds is 6. The first-order valence-electron chi connectivity index (χ1n) is 11.6. The molecule has 0 fully saturated rings. The third kappa shape index (κ3) is 4.44. The van der Waals surface area contributed by atoms with E-state index in [2.05, 4.69) is 22.9 Å². The highest BCUT2D eigenvalue weighted by Gasteiger charge is 2.72. The van der Waals surface area contributed by atoms with Crippen LogP contribution in [0.15, 0.2) is 60.8 Å². The van der Waals surface area contributed by atoms with E-state index in [0.717, 1.165) is 29.7 Å². The van der Waals surface area contributed by atoms with Crippen molar-refractivity contribution in [3.05, 3.63) is 88.9 Å². The zero-order valence-corrected chi connectivity index (χ0v) is 20.8. The average molecular weight is 506 g/mol. The molecule has 36 heavy (non-hydrogen) atoms. The number of halogens is 1. The molecule has 1 aromatic heterocycles. The third-order valence-electron chi connectivity index (χ3n) is 6.78. The molecule has 8 heteroatoms. The van der Waals surface area contributed by atoms with Crippen LogP contribution in [0.25, 0.3) is 11.3 Å². The van der Waals surface area contributed by atoms with Crippen molar-refractivity contribution < 1.29 is 28.9 Å². The number of benzene rings is 2. The summed E-state index contributed by atoms with van der Waals surface area (Å²) in [5.41, 5.74) is 2.45. The van der Waals surface area contributed by atoms with Crippen LogP contribution in [0.2, 0.25) is 0 Å². The van der Waals surface area contributed by atoms with E-state index in [0.29, 0.717) is 11.1 Å². The lowest BCUT2D eigenvalue weighted by molar-refractivity contribution is -0.148. The molecule has 3 N–H and O–H groups in total. The van der Waals surface area contributed by atoms with Gasteiger partial charge in [-0.25, -0.2) is 9.18 Å². The lowest BCUT2D eigenvalue weighted by Gasteiger charge is -2.34. The largest absolute Gasteiger partial charge is 0.528 e. The molecule has 184 valence electrons. The molecule has 0 amide bonds. The van der Waals surface area contributed by atoms with Gasteiger partial charge in [-0.1, -0.05) is 62.1 Å². The van der Waals surface area contributed by atoms with Crippen molar-refractivity contribution in [3.63, 3.8) is 0 Å². The van der Waals surface area contributed by atoms with E-state index in [1.54, 1.807) is 6.20 Å². The molecule has 1 aliphatic rings. The van der Waals surface area contributed by atoms with Crippen LogP contribution < -0.4 is 0 Å². The summed E-state index contributed by atoms with van der Waals surface area (Å²) in [4.78, 5) is 27.3. The summed E-state index contributed by atoms with van der Waals surface area (Å²) in [5, 5.41) is 19.4. The number of carbonyl (C=O) groups is 1. The van der Waals surface area contributed by atoms with Crippen LogP contribution in [0.4, 0.5) is 4.39 Å². The fourth-order valence-corrected chi connectivity index (χ4v) is 6.02. The first-order valence-corrected chi connectivity index (χ1v) is 12.8. The molecule has 0 bridgehead atoms. The van der Waals surface area contributed by atoms with E-state index in [4.69, 9.17) is 0 Å². The first kappa shape index (κ1) is 25.7. The van der Waals surface area contributed by atoms with E-state index in [1.165, 1.54) is 43.7 Å². The van der Waals surface area contributed by atoms with Crippen molar-refractivity contribution in [2.45, 2.75) is 43.9 Å². The van der Waals surface area contributed by atoms with Gasteiger partial charge in [0, 0.05) is 29.7 Å². The SMILES string of the molecule is CC(C)C(C(=O)O)([P+](=O)O)C(O)(C#Cc1cnc2c(c1)CCc1ccccc1-2)Cc1ccc(F)cc1. The van der Waals surface area contributed by atoms with Crippen LogP contribution in [-0.2, 0) is 28.6 Å². The van der Waals surface area contributed by atoms with Crippen molar-refractivity contribution in [3.8, 4) is 23.1 Å². The smallest absolute Gasteiger partial charge is 0.477 e. The van der Waals surface area contributed by atoms with Gasteiger partial charge >= 0.3 is 19.2 Å². The number of carboxylic acids is 1. The van der Waals surface area contributed by atoms with Gasteiger partial charge in [-0.15, -0.1) is 0 Å². The average Bonchev–Trinajstić information content (AvgIpc) is 2.83. The summed E-state index contributed by atoms with van der Waals surface area (Å²) in [6.07, 6.45) is 2.75. The molecule has 2 aromatic carbocycles. The maximum atomic E-state index is 13.5. The van der Waals surface area contributed by atoms with Gasteiger partial charge in [0.15, 0.2) is 5.60 Å². The van der Waals surface area contributed by atoms with E-state index in [-0.39, 0.29) is 0 Å². The fourth-order valence-electron chi connectivity index (χ4n) is 4.96. The molecule has 1 aliphatic carbocycles. The number of hydrogen-bond donors (Lipinski definition) is 3. The summed E-state index contributed by atoms with van der Waals surface area (Å²) >= 11 is 0. The van der Waals surface area contributed by atoms with Crippen LogP contribution in [0.1, 0.15) is 36.1 Å². The molecule has 1 heterocycles.